The number of nitrogens with zero attached hydrogens (tertiary/aromatic N) is 4. The fourth-order valence-electron chi connectivity index (χ4n) is 3.77. The van der Waals surface area contributed by atoms with Crippen molar-refractivity contribution < 1.29 is 27.9 Å². The van der Waals surface area contributed by atoms with Crippen molar-refractivity contribution in [2.75, 3.05) is 26.2 Å². The molecule has 2 aromatic heterocycles. The number of rotatable bonds is 3. The monoisotopic (exact) mass is 442 g/mol. The maximum Gasteiger partial charge on any atom is 0.490 e. The molecule has 2 fully saturated rings. The van der Waals surface area contributed by atoms with Crippen molar-refractivity contribution >= 4 is 23.2 Å². The van der Waals surface area contributed by atoms with Gasteiger partial charge in [-0.2, -0.15) is 13.2 Å². The number of carbonyl (C=O) groups is 2. The summed E-state index contributed by atoms with van der Waals surface area (Å²) in [7, 11) is 0. The van der Waals surface area contributed by atoms with Gasteiger partial charge in [0, 0.05) is 50.0 Å². The number of hydrogen-bond donors (Lipinski definition) is 1. The minimum absolute atomic E-state index is 0.0215. The predicted octanol–water partition coefficient (Wildman–Crippen LogP) is 2.77. The van der Waals surface area contributed by atoms with Gasteiger partial charge < -0.3 is 10.0 Å². The molecule has 2 aromatic rings. The lowest BCUT2D eigenvalue weighted by Crippen LogP contribution is -2.43. The van der Waals surface area contributed by atoms with Crippen LogP contribution in [-0.2, 0) is 11.3 Å². The number of fused-ring (bicyclic) bond motifs is 1. The van der Waals surface area contributed by atoms with Gasteiger partial charge >= 0.3 is 12.1 Å². The van der Waals surface area contributed by atoms with E-state index in [1.165, 1.54) is 4.88 Å². The van der Waals surface area contributed by atoms with Crippen molar-refractivity contribution in [3.8, 4) is 0 Å². The minimum atomic E-state index is -5.08. The Balaban J connectivity index is 0.000000318. The van der Waals surface area contributed by atoms with Gasteiger partial charge in [0.1, 0.15) is 5.69 Å². The van der Waals surface area contributed by atoms with Gasteiger partial charge in [-0.05, 0) is 29.7 Å². The maximum absolute atomic E-state index is 12.5. The fraction of sp³-hybridized carbons (Fsp3) is 0.474. The first kappa shape index (κ1) is 22.2. The third kappa shape index (κ3) is 5.76. The Kier molecular flexibility index (Phi) is 7.03. The standard InChI is InChI=1S/C17H20N4OS.C2HF3O2/c22-17(16-8-18-4-5-19-16)21-6-3-13-9-20(10-14(13)11-21)12-15-2-1-7-23-15;3-2(4,5)1(6)7/h1-2,4-5,7-8,13-14H,3,6,9-12H2;(H,6,7)/t13-,14-;/m1./s1. The molecule has 1 amide bonds. The molecule has 0 unspecified atom stereocenters. The number of likely N-dealkylation sites (tertiary alicyclic amines) is 2. The molecule has 1 N–H and O–H groups in total. The van der Waals surface area contributed by atoms with Crippen LogP contribution < -0.4 is 0 Å². The van der Waals surface area contributed by atoms with Crippen LogP contribution in [-0.4, -0.2) is 69.1 Å². The van der Waals surface area contributed by atoms with Gasteiger partial charge in [0.25, 0.3) is 5.91 Å². The Morgan fingerprint density at radius 3 is 2.53 bits per heavy atom. The molecule has 11 heteroatoms. The average Bonchev–Trinajstić information content (AvgIpc) is 3.36. The number of hydrogen-bond acceptors (Lipinski definition) is 6. The van der Waals surface area contributed by atoms with Crippen LogP contribution in [0.5, 0.6) is 0 Å². The highest BCUT2D eigenvalue weighted by Gasteiger charge is 2.39. The number of alkyl halides is 3. The Morgan fingerprint density at radius 1 is 1.20 bits per heavy atom. The molecule has 162 valence electrons. The molecule has 2 saturated heterocycles. The molecule has 0 spiro atoms. The third-order valence-electron chi connectivity index (χ3n) is 5.15. The Hall–Kier alpha value is -2.53. The van der Waals surface area contributed by atoms with Crippen LogP contribution in [0.3, 0.4) is 0 Å². The van der Waals surface area contributed by atoms with Gasteiger partial charge in [-0.1, -0.05) is 6.07 Å². The maximum atomic E-state index is 12.5. The second-order valence-electron chi connectivity index (χ2n) is 7.23. The lowest BCUT2D eigenvalue weighted by Gasteiger charge is -2.34. The van der Waals surface area contributed by atoms with Crippen molar-refractivity contribution in [1.82, 2.24) is 19.8 Å². The van der Waals surface area contributed by atoms with Crippen molar-refractivity contribution in [2.24, 2.45) is 11.8 Å². The molecule has 30 heavy (non-hydrogen) atoms. The van der Waals surface area contributed by atoms with E-state index in [-0.39, 0.29) is 5.91 Å². The molecular weight excluding hydrogens is 421 g/mol. The van der Waals surface area contributed by atoms with Crippen molar-refractivity contribution in [2.45, 2.75) is 19.1 Å². The number of carboxylic acid groups (broad SMARTS) is 1. The van der Waals surface area contributed by atoms with Crippen molar-refractivity contribution in [3.05, 3.63) is 46.7 Å². The van der Waals surface area contributed by atoms with E-state index < -0.39 is 12.1 Å². The number of aromatic nitrogens is 2. The number of aliphatic carboxylic acids is 1. The van der Waals surface area contributed by atoms with E-state index in [9.17, 15) is 18.0 Å². The lowest BCUT2D eigenvalue weighted by molar-refractivity contribution is -0.192. The molecule has 7 nitrogen and oxygen atoms in total. The first-order valence-corrected chi connectivity index (χ1v) is 10.2. The highest BCUT2D eigenvalue weighted by Crippen LogP contribution is 2.32. The van der Waals surface area contributed by atoms with Gasteiger partial charge in [-0.15, -0.1) is 11.3 Å². The zero-order valence-electron chi connectivity index (χ0n) is 16.0. The van der Waals surface area contributed by atoms with E-state index in [1.54, 1.807) is 18.6 Å². The summed E-state index contributed by atoms with van der Waals surface area (Å²) >= 11 is 1.82. The zero-order valence-corrected chi connectivity index (χ0v) is 16.8. The molecule has 2 aliphatic rings. The van der Waals surface area contributed by atoms with Crippen LogP contribution in [0.15, 0.2) is 36.1 Å². The van der Waals surface area contributed by atoms with Gasteiger partial charge in [0.2, 0.25) is 0 Å². The number of halogens is 3. The summed E-state index contributed by atoms with van der Waals surface area (Å²) in [6, 6.07) is 4.32. The van der Waals surface area contributed by atoms with E-state index >= 15 is 0 Å². The molecule has 2 aliphatic heterocycles. The highest BCUT2D eigenvalue weighted by molar-refractivity contribution is 7.09. The second-order valence-corrected chi connectivity index (χ2v) is 8.26. The largest absolute Gasteiger partial charge is 0.490 e. The summed E-state index contributed by atoms with van der Waals surface area (Å²) in [6.45, 7) is 4.98. The first-order chi connectivity index (χ1) is 14.2. The summed E-state index contributed by atoms with van der Waals surface area (Å²) in [6.07, 6.45) is 0.754. The summed E-state index contributed by atoms with van der Waals surface area (Å²) in [5.74, 6) is -1.43. The van der Waals surface area contributed by atoms with Gasteiger partial charge in [0.05, 0.1) is 6.20 Å². The molecule has 2 atom stereocenters. The predicted molar refractivity (Wildman–Crippen MR) is 103 cm³/mol. The molecule has 0 aliphatic carbocycles. The quantitative estimate of drug-likeness (QED) is 0.787. The van der Waals surface area contributed by atoms with E-state index in [4.69, 9.17) is 9.90 Å². The van der Waals surface area contributed by atoms with Crippen molar-refractivity contribution in [1.29, 1.82) is 0 Å². The van der Waals surface area contributed by atoms with Crippen LogP contribution in [0.4, 0.5) is 13.2 Å². The first-order valence-electron chi connectivity index (χ1n) is 9.34. The minimum Gasteiger partial charge on any atom is -0.475 e. The number of amides is 1. The van der Waals surface area contributed by atoms with Crippen LogP contribution in [0.2, 0.25) is 0 Å². The number of carboxylic acids is 1. The normalized spacial score (nSPS) is 21.5. The molecule has 0 bridgehead atoms. The van der Waals surface area contributed by atoms with Crippen LogP contribution in [0.25, 0.3) is 0 Å². The number of carbonyl (C=O) groups excluding carboxylic acids is 1. The van der Waals surface area contributed by atoms with Crippen molar-refractivity contribution in [3.63, 3.8) is 0 Å². The van der Waals surface area contributed by atoms with Crippen LogP contribution in [0, 0.1) is 11.8 Å². The molecule has 4 rings (SSSR count). The molecular formula is C19H21F3N4O3S. The van der Waals surface area contributed by atoms with E-state index in [0.717, 1.165) is 45.1 Å². The van der Waals surface area contributed by atoms with Crippen LogP contribution in [0.1, 0.15) is 21.8 Å². The molecule has 0 saturated carbocycles. The Bertz CT molecular complexity index is 848. The zero-order chi connectivity index (χ0) is 21.7. The topological polar surface area (TPSA) is 86.6 Å². The molecule has 0 aromatic carbocycles. The Morgan fingerprint density at radius 2 is 1.93 bits per heavy atom. The number of piperidine rings is 1. The molecule has 0 radical (unpaired) electrons. The average molecular weight is 442 g/mol. The van der Waals surface area contributed by atoms with E-state index in [2.05, 4.69) is 32.4 Å². The molecule has 4 heterocycles. The van der Waals surface area contributed by atoms with Gasteiger partial charge in [-0.25, -0.2) is 9.78 Å². The summed E-state index contributed by atoms with van der Waals surface area (Å²) in [5.41, 5.74) is 0.458. The summed E-state index contributed by atoms with van der Waals surface area (Å²) in [5, 5.41) is 9.26. The van der Waals surface area contributed by atoms with E-state index in [0.29, 0.717) is 11.6 Å². The fourth-order valence-corrected chi connectivity index (χ4v) is 4.52. The Labute approximate surface area is 175 Å². The smallest absolute Gasteiger partial charge is 0.475 e. The van der Waals surface area contributed by atoms with Gasteiger partial charge in [-0.3, -0.25) is 14.7 Å². The second kappa shape index (κ2) is 9.52. The summed E-state index contributed by atoms with van der Waals surface area (Å²) < 4.78 is 31.7. The number of thiophene rings is 1. The van der Waals surface area contributed by atoms with E-state index in [1.807, 2.05) is 16.2 Å². The summed E-state index contributed by atoms with van der Waals surface area (Å²) in [4.78, 5) is 35.5. The van der Waals surface area contributed by atoms with Crippen LogP contribution >= 0.6 is 11.3 Å². The highest BCUT2D eigenvalue weighted by atomic mass is 32.1. The lowest BCUT2D eigenvalue weighted by atomic mass is 9.88. The SMILES string of the molecule is O=C(O)C(F)(F)F.O=C(c1cnccn1)N1CC[C@@H]2CN(Cc3cccs3)C[C@@H]2C1. The van der Waals surface area contributed by atoms with Gasteiger partial charge in [0.15, 0.2) is 0 Å². The third-order valence-corrected chi connectivity index (χ3v) is 6.01.